The van der Waals surface area contributed by atoms with Crippen LogP contribution in [0.25, 0.3) is 0 Å². The fourth-order valence-electron chi connectivity index (χ4n) is 1.99. The highest BCUT2D eigenvalue weighted by Gasteiger charge is 2.24. The molecule has 3 nitrogen and oxygen atoms in total. The van der Waals surface area contributed by atoms with Crippen LogP contribution in [0.2, 0.25) is 0 Å². The number of benzene rings is 1. The van der Waals surface area contributed by atoms with Gasteiger partial charge in [0.2, 0.25) is 0 Å². The Balaban J connectivity index is 2.09. The number of nitrogens with zero attached hydrogens (tertiary/aromatic N) is 2. The molecule has 1 saturated heterocycles. The van der Waals surface area contributed by atoms with Gasteiger partial charge in [0.1, 0.15) is 0 Å². The van der Waals surface area contributed by atoms with Gasteiger partial charge < -0.3 is 9.80 Å². The van der Waals surface area contributed by atoms with Gasteiger partial charge in [0.15, 0.2) is 0 Å². The molecule has 1 amide bonds. The highest BCUT2D eigenvalue weighted by atomic mass is 79.9. The van der Waals surface area contributed by atoms with Crippen molar-refractivity contribution < 1.29 is 4.79 Å². The summed E-state index contributed by atoms with van der Waals surface area (Å²) in [6.45, 7) is 1.67. The molecule has 0 N–H and O–H groups in total. The van der Waals surface area contributed by atoms with Crippen molar-refractivity contribution in [2.75, 3.05) is 32.1 Å². The summed E-state index contributed by atoms with van der Waals surface area (Å²) in [6.07, 6.45) is 1.04. The summed E-state index contributed by atoms with van der Waals surface area (Å²) in [6, 6.07) is 7.77. The average Bonchev–Trinajstić information content (AvgIpc) is 2.75. The molecule has 1 atom stereocenters. The summed E-state index contributed by atoms with van der Waals surface area (Å²) in [5.41, 5.74) is 1.89. The smallest absolute Gasteiger partial charge is 0.253 e. The molecule has 2 rings (SSSR count). The molecule has 1 heterocycles. The molecule has 0 aromatic heterocycles. The minimum Gasteiger partial charge on any atom is -0.378 e. The van der Waals surface area contributed by atoms with Crippen LogP contribution in [0, 0.1) is 0 Å². The second kappa shape index (κ2) is 5.08. The number of carbonyl (C=O) groups excluding carboxylic acids is 1. The quantitative estimate of drug-likeness (QED) is 0.782. The number of carbonyl (C=O) groups is 1. The molecule has 1 aliphatic rings. The predicted molar refractivity (Wildman–Crippen MR) is 74.0 cm³/mol. The van der Waals surface area contributed by atoms with Crippen LogP contribution in [-0.2, 0) is 0 Å². The molecule has 1 fully saturated rings. The maximum Gasteiger partial charge on any atom is 0.253 e. The molecular formula is C13H17BrN2O. The van der Waals surface area contributed by atoms with Crippen molar-refractivity contribution in [2.24, 2.45) is 0 Å². The van der Waals surface area contributed by atoms with Crippen LogP contribution >= 0.6 is 15.9 Å². The normalized spacial score (nSPS) is 19.5. The monoisotopic (exact) mass is 296 g/mol. The van der Waals surface area contributed by atoms with Crippen molar-refractivity contribution in [2.45, 2.75) is 11.2 Å². The molecule has 17 heavy (non-hydrogen) atoms. The van der Waals surface area contributed by atoms with E-state index in [2.05, 4.69) is 15.9 Å². The highest BCUT2D eigenvalue weighted by Crippen LogP contribution is 2.20. The lowest BCUT2D eigenvalue weighted by atomic mass is 10.2. The molecule has 0 spiro atoms. The average molecular weight is 297 g/mol. The van der Waals surface area contributed by atoms with E-state index < -0.39 is 0 Å². The highest BCUT2D eigenvalue weighted by molar-refractivity contribution is 9.09. The van der Waals surface area contributed by atoms with Gasteiger partial charge in [0.05, 0.1) is 0 Å². The summed E-state index contributed by atoms with van der Waals surface area (Å²) >= 11 is 3.55. The van der Waals surface area contributed by atoms with Crippen LogP contribution in [-0.4, -0.2) is 42.8 Å². The Labute approximate surface area is 111 Å². The lowest BCUT2D eigenvalue weighted by Crippen LogP contribution is -2.28. The van der Waals surface area contributed by atoms with Crippen molar-refractivity contribution in [3.63, 3.8) is 0 Å². The van der Waals surface area contributed by atoms with E-state index in [1.165, 1.54) is 0 Å². The van der Waals surface area contributed by atoms with E-state index >= 15 is 0 Å². The third-order valence-electron chi connectivity index (χ3n) is 3.05. The Morgan fingerprint density at radius 3 is 2.47 bits per heavy atom. The molecule has 0 bridgehead atoms. The van der Waals surface area contributed by atoms with E-state index in [0.29, 0.717) is 4.83 Å². The zero-order chi connectivity index (χ0) is 12.4. The summed E-state index contributed by atoms with van der Waals surface area (Å²) in [4.78, 5) is 16.5. The second-order valence-electron chi connectivity index (χ2n) is 4.58. The summed E-state index contributed by atoms with van der Waals surface area (Å²) in [5.74, 6) is 0.136. The van der Waals surface area contributed by atoms with E-state index in [1.807, 2.05) is 48.2 Å². The summed E-state index contributed by atoms with van der Waals surface area (Å²) in [7, 11) is 3.99. The van der Waals surface area contributed by atoms with Crippen molar-refractivity contribution in [3.05, 3.63) is 29.8 Å². The van der Waals surface area contributed by atoms with Crippen molar-refractivity contribution in [1.29, 1.82) is 0 Å². The van der Waals surface area contributed by atoms with Gasteiger partial charge in [-0.2, -0.15) is 0 Å². The number of rotatable bonds is 2. The van der Waals surface area contributed by atoms with Gasteiger partial charge in [-0.25, -0.2) is 0 Å². The molecule has 0 aliphatic carbocycles. The number of anilines is 1. The first-order valence-corrected chi connectivity index (χ1v) is 6.70. The standard InChI is InChI=1S/C13H17BrN2O/c1-15(2)12-5-3-10(4-6-12)13(17)16-8-7-11(14)9-16/h3-6,11H,7-9H2,1-2H3. The number of likely N-dealkylation sites (tertiary alicyclic amines) is 1. The predicted octanol–water partition coefficient (Wildman–Crippen LogP) is 2.36. The maximum absolute atomic E-state index is 12.2. The van der Waals surface area contributed by atoms with Gasteiger partial charge in [-0.05, 0) is 30.7 Å². The van der Waals surface area contributed by atoms with E-state index in [9.17, 15) is 4.79 Å². The molecule has 4 heteroatoms. The molecule has 0 saturated carbocycles. The molecule has 0 radical (unpaired) electrons. The largest absolute Gasteiger partial charge is 0.378 e. The first kappa shape index (κ1) is 12.4. The fraction of sp³-hybridized carbons (Fsp3) is 0.462. The third kappa shape index (κ3) is 2.80. The van der Waals surface area contributed by atoms with Crippen LogP contribution in [0.5, 0.6) is 0 Å². The first-order chi connectivity index (χ1) is 8.08. The van der Waals surface area contributed by atoms with Gasteiger partial charge in [-0.3, -0.25) is 4.79 Å². The molecule has 1 aliphatic heterocycles. The lowest BCUT2D eigenvalue weighted by molar-refractivity contribution is 0.0793. The zero-order valence-corrected chi connectivity index (χ0v) is 11.8. The second-order valence-corrected chi connectivity index (χ2v) is 5.87. The van der Waals surface area contributed by atoms with E-state index in [4.69, 9.17) is 0 Å². The minimum absolute atomic E-state index is 0.136. The Kier molecular flexibility index (Phi) is 3.72. The SMILES string of the molecule is CN(C)c1ccc(C(=O)N2CCC(Br)C2)cc1. The zero-order valence-electron chi connectivity index (χ0n) is 10.2. The molecular weight excluding hydrogens is 280 g/mol. The number of alkyl halides is 1. The maximum atomic E-state index is 12.2. The van der Waals surface area contributed by atoms with Crippen LogP contribution < -0.4 is 4.90 Å². The Morgan fingerprint density at radius 2 is 2.00 bits per heavy atom. The topological polar surface area (TPSA) is 23.6 Å². The summed E-state index contributed by atoms with van der Waals surface area (Å²) in [5, 5.41) is 0. The third-order valence-corrected chi connectivity index (χ3v) is 3.80. The first-order valence-electron chi connectivity index (χ1n) is 5.78. The number of amides is 1. The Hall–Kier alpha value is -1.03. The number of hydrogen-bond acceptors (Lipinski definition) is 2. The van der Waals surface area contributed by atoms with Gasteiger partial charge >= 0.3 is 0 Å². The molecule has 92 valence electrons. The Bertz CT molecular complexity index is 402. The van der Waals surface area contributed by atoms with Crippen molar-refractivity contribution in [1.82, 2.24) is 4.90 Å². The van der Waals surface area contributed by atoms with Crippen molar-refractivity contribution >= 4 is 27.5 Å². The summed E-state index contributed by atoms with van der Waals surface area (Å²) < 4.78 is 0. The number of hydrogen-bond donors (Lipinski definition) is 0. The minimum atomic E-state index is 0.136. The lowest BCUT2D eigenvalue weighted by Gasteiger charge is -2.17. The van der Waals surface area contributed by atoms with Gasteiger partial charge in [0.25, 0.3) is 5.91 Å². The molecule has 1 unspecified atom stereocenters. The van der Waals surface area contributed by atoms with Crippen molar-refractivity contribution in [3.8, 4) is 0 Å². The van der Waals surface area contributed by atoms with E-state index in [0.717, 1.165) is 30.8 Å². The van der Waals surface area contributed by atoms with Gasteiger partial charge in [0, 0.05) is 43.3 Å². The van der Waals surface area contributed by atoms with Crippen LogP contribution in [0.15, 0.2) is 24.3 Å². The van der Waals surface area contributed by atoms with Crippen LogP contribution in [0.3, 0.4) is 0 Å². The van der Waals surface area contributed by atoms with Crippen LogP contribution in [0.1, 0.15) is 16.8 Å². The van der Waals surface area contributed by atoms with Gasteiger partial charge in [-0.1, -0.05) is 15.9 Å². The van der Waals surface area contributed by atoms with E-state index in [-0.39, 0.29) is 5.91 Å². The molecule has 1 aromatic carbocycles. The van der Waals surface area contributed by atoms with Crippen LogP contribution in [0.4, 0.5) is 5.69 Å². The number of halogens is 1. The fourth-order valence-corrected chi connectivity index (χ4v) is 2.54. The Morgan fingerprint density at radius 1 is 1.35 bits per heavy atom. The van der Waals surface area contributed by atoms with E-state index in [1.54, 1.807) is 0 Å². The molecule has 1 aromatic rings. The van der Waals surface area contributed by atoms with Gasteiger partial charge in [-0.15, -0.1) is 0 Å².